The van der Waals surface area contributed by atoms with Gasteiger partial charge in [0.25, 0.3) is 0 Å². The Morgan fingerprint density at radius 2 is 1.63 bits per heavy atom. The maximum atomic E-state index is 11.7. The summed E-state index contributed by atoms with van der Waals surface area (Å²) in [5.74, 6) is 1.61. The Labute approximate surface area is 244 Å². The highest BCUT2D eigenvalue weighted by Crippen LogP contribution is 2.35. The number of aryl methyl sites for hydroxylation is 1. The molecule has 0 saturated heterocycles. The molecule has 0 aliphatic rings. The molecule has 0 bridgehead atoms. The largest absolute Gasteiger partial charge is 0.478 e. The zero-order valence-electron chi connectivity index (χ0n) is 25.0. The van der Waals surface area contributed by atoms with Gasteiger partial charge in [-0.1, -0.05) is 80.6 Å². The molecule has 4 nitrogen and oxygen atoms in total. The molecule has 0 radical (unpaired) electrons. The lowest BCUT2D eigenvalue weighted by Crippen LogP contribution is -2.13. The van der Waals surface area contributed by atoms with Gasteiger partial charge in [-0.05, 0) is 109 Å². The molecule has 1 heterocycles. The smallest absolute Gasteiger partial charge is 0.336 e. The summed E-state index contributed by atoms with van der Waals surface area (Å²) in [4.78, 5) is 11.7. The van der Waals surface area contributed by atoms with E-state index in [1.807, 2.05) is 43.3 Å². The Kier molecular flexibility index (Phi) is 9.34. The lowest BCUT2D eigenvalue weighted by molar-refractivity contribution is 0.0697. The van der Waals surface area contributed by atoms with Crippen molar-refractivity contribution in [2.45, 2.75) is 60.4 Å². The van der Waals surface area contributed by atoms with Crippen LogP contribution in [0.25, 0.3) is 22.4 Å². The zero-order chi connectivity index (χ0) is 29.7. The van der Waals surface area contributed by atoms with Crippen molar-refractivity contribution >= 4 is 17.2 Å². The van der Waals surface area contributed by atoms with Crippen LogP contribution in [0.4, 0.5) is 0 Å². The van der Waals surface area contributed by atoms with Crippen LogP contribution in [0.2, 0.25) is 0 Å². The van der Waals surface area contributed by atoms with Crippen molar-refractivity contribution in [2.24, 2.45) is 5.92 Å². The number of carbonyl (C=O) groups is 1. The fraction of sp³-hybridized carbons (Fsp3) is 0.270. The van der Waals surface area contributed by atoms with E-state index in [2.05, 4.69) is 76.8 Å². The summed E-state index contributed by atoms with van der Waals surface area (Å²) in [5.41, 5.74) is 10.3. The second-order valence-electron chi connectivity index (χ2n) is 11.3. The van der Waals surface area contributed by atoms with Crippen LogP contribution in [0.1, 0.15) is 84.7 Å². The molecule has 0 aliphatic heterocycles. The van der Waals surface area contributed by atoms with Crippen molar-refractivity contribution in [3.63, 3.8) is 0 Å². The lowest BCUT2D eigenvalue weighted by Gasteiger charge is -2.25. The average Bonchev–Trinajstić information content (AvgIpc) is 3.39. The number of nitrogens with one attached hydrogen (secondary N) is 1. The van der Waals surface area contributed by atoms with Crippen molar-refractivity contribution in [2.75, 3.05) is 0 Å². The third kappa shape index (κ3) is 7.07. The molecular formula is C37H41NO3. The predicted octanol–water partition coefficient (Wildman–Crippen LogP) is 9.51. The number of hydrogen-bond acceptors (Lipinski definition) is 3. The molecule has 0 amide bonds. The Bertz CT molecular complexity index is 1570. The van der Waals surface area contributed by atoms with Crippen molar-refractivity contribution in [3.05, 3.63) is 130 Å². The second kappa shape index (κ2) is 12.9. The van der Waals surface area contributed by atoms with Crippen LogP contribution in [0.15, 0.2) is 95.4 Å². The van der Waals surface area contributed by atoms with Crippen LogP contribution in [-0.2, 0) is 13.0 Å². The van der Waals surface area contributed by atoms with Crippen LogP contribution in [0.3, 0.4) is 0 Å². The number of benzene rings is 3. The fourth-order valence-corrected chi connectivity index (χ4v) is 5.21. The molecule has 4 rings (SSSR count). The molecule has 4 heteroatoms. The van der Waals surface area contributed by atoms with Crippen LogP contribution >= 0.6 is 0 Å². The number of aromatic carboxylic acids is 1. The van der Waals surface area contributed by atoms with Crippen LogP contribution < -0.4 is 5.32 Å². The summed E-state index contributed by atoms with van der Waals surface area (Å²) < 4.78 is 5.70. The minimum atomic E-state index is -0.910. The van der Waals surface area contributed by atoms with Gasteiger partial charge in [0.05, 0.1) is 12.1 Å². The standard InChI is InChI=1S/C37H41NO3/c1-23(2)26(5)36-21-31(28(7)38-22-32-18-12-25(4)41-32)17-19-33(36)27(6)24(3)20-29-13-15-30(16-14-29)34-10-8-9-11-35(34)37(39)40/h8-19,21,24,27,38H,7,20,22H2,1-6H3,(H,39,40). The van der Waals surface area contributed by atoms with E-state index in [4.69, 9.17) is 4.42 Å². The van der Waals surface area contributed by atoms with Crippen molar-refractivity contribution < 1.29 is 14.3 Å². The van der Waals surface area contributed by atoms with Gasteiger partial charge < -0.3 is 14.8 Å². The highest BCUT2D eigenvalue weighted by Gasteiger charge is 2.20. The van der Waals surface area contributed by atoms with Crippen LogP contribution in [-0.4, -0.2) is 11.1 Å². The third-order valence-corrected chi connectivity index (χ3v) is 8.15. The number of hydrogen-bond donors (Lipinski definition) is 2. The SMILES string of the molecule is C=C(NCc1ccc(C)o1)c1ccc(C(C)C(C)Cc2ccc(-c3ccccc3C(=O)O)cc2)c(C(C)=C(C)C)c1. The number of rotatable bonds is 11. The molecule has 0 spiro atoms. The fourth-order valence-electron chi connectivity index (χ4n) is 5.21. The quantitative estimate of drug-likeness (QED) is 0.196. The van der Waals surface area contributed by atoms with Gasteiger partial charge >= 0.3 is 5.97 Å². The molecule has 2 atom stereocenters. The molecule has 2 N–H and O–H groups in total. The van der Waals surface area contributed by atoms with Gasteiger partial charge in [-0.2, -0.15) is 0 Å². The van der Waals surface area contributed by atoms with Gasteiger partial charge in [0.15, 0.2) is 0 Å². The Morgan fingerprint density at radius 1 is 0.927 bits per heavy atom. The average molecular weight is 548 g/mol. The van der Waals surface area contributed by atoms with E-state index in [0.29, 0.717) is 23.9 Å². The van der Waals surface area contributed by atoms with Crippen LogP contribution in [0, 0.1) is 12.8 Å². The van der Waals surface area contributed by atoms with E-state index in [1.54, 1.807) is 12.1 Å². The van der Waals surface area contributed by atoms with E-state index < -0.39 is 5.97 Å². The highest BCUT2D eigenvalue weighted by atomic mass is 16.4. The highest BCUT2D eigenvalue weighted by molar-refractivity contribution is 5.96. The van der Waals surface area contributed by atoms with E-state index in [9.17, 15) is 9.90 Å². The number of furan rings is 1. The predicted molar refractivity (Wildman–Crippen MR) is 170 cm³/mol. The van der Waals surface area contributed by atoms with Crippen molar-refractivity contribution in [3.8, 4) is 11.1 Å². The Morgan fingerprint density at radius 3 is 2.27 bits per heavy atom. The van der Waals surface area contributed by atoms with Crippen molar-refractivity contribution in [1.82, 2.24) is 5.32 Å². The number of carboxylic acid groups (broad SMARTS) is 1. The molecule has 4 aromatic rings. The molecule has 2 unspecified atom stereocenters. The molecule has 0 fully saturated rings. The topological polar surface area (TPSA) is 62.5 Å². The molecule has 3 aromatic carbocycles. The van der Waals surface area contributed by atoms with Gasteiger partial charge in [0.2, 0.25) is 0 Å². The molecule has 1 aromatic heterocycles. The van der Waals surface area contributed by atoms with Gasteiger partial charge in [-0.3, -0.25) is 0 Å². The van der Waals surface area contributed by atoms with Crippen LogP contribution in [0.5, 0.6) is 0 Å². The minimum Gasteiger partial charge on any atom is -0.478 e. The first-order chi connectivity index (χ1) is 19.5. The molecule has 0 saturated carbocycles. The van der Waals surface area contributed by atoms with Crippen molar-refractivity contribution in [1.29, 1.82) is 0 Å². The first-order valence-electron chi connectivity index (χ1n) is 14.2. The maximum Gasteiger partial charge on any atom is 0.336 e. The second-order valence-corrected chi connectivity index (χ2v) is 11.3. The van der Waals surface area contributed by atoms with E-state index in [0.717, 1.165) is 40.3 Å². The summed E-state index contributed by atoms with van der Waals surface area (Å²) in [6, 6.07) is 26.1. The van der Waals surface area contributed by atoms with Gasteiger partial charge in [-0.25, -0.2) is 4.79 Å². The Hall–Kier alpha value is -4.31. The minimum absolute atomic E-state index is 0.321. The monoisotopic (exact) mass is 547 g/mol. The first kappa shape index (κ1) is 29.7. The van der Waals surface area contributed by atoms with E-state index in [-0.39, 0.29) is 0 Å². The summed E-state index contributed by atoms with van der Waals surface area (Å²) >= 11 is 0. The molecule has 41 heavy (non-hydrogen) atoms. The summed E-state index contributed by atoms with van der Waals surface area (Å²) in [7, 11) is 0. The molecule has 212 valence electrons. The normalized spacial score (nSPS) is 12.4. The first-order valence-corrected chi connectivity index (χ1v) is 14.2. The summed E-state index contributed by atoms with van der Waals surface area (Å²) in [6.45, 7) is 18.0. The zero-order valence-corrected chi connectivity index (χ0v) is 25.0. The molecule has 0 aliphatic carbocycles. The van der Waals surface area contributed by atoms with Gasteiger partial charge in [0, 0.05) is 5.70 Å². The summed E-state index contributed by atoms with van der Waals surface area (Å²) in [5, 5.41) is 13.0. The third-order valence-electron chi connectivity index (χ3n) is 8.15. The van der Waals surface area contributed by atoms with Gasteiger partial charge in [-0.15, -0.1) is 0 Å². The summed E-state index contributed by atoms with van der Waals surface area (Å²) in [6.07, 6.45) is 0.925. The van der Waals surface area contributed by atoms with Gasteiger partial charge in [0.1, 0.15) is 11.5 Å². The number of allylic oxidation sites excluding steroid dienone is 2. The van der Waals surface area contributed by atoms with E-state index in [1.165, 1.54) is 27.8 Å². The number of carboxylic acids is 1. The maximum absolute atomic E-state index is 11.7. The molecular weight excluding hydrogens is 506 g/mol. The lowest BCUT2D eigenvalue weighted by atomic mass is 9.80. The Balaban J connectivity index is 1.52. The van der Waals surface area contributed by atoms with E-state index >= 15 is 0 Å².